The highest BCUT2D eigenvalue weighted by atomic mass is 32.1. The number of nitro benzene ring substituents is 1. The summed E-state index contributed by atoms with van der Waals surface area (Å²) in [5, 5.41) is 15.9. The molecule has 1 aliphatic heterocycles. The third-order valence-corrected chi connectivity index (χ3v) is 8.57. The Hall–Kier alpha value is -3.45. The van der Waals surface area contributed by atoms with Crippen molar-refractivity contribution >= 4 is 43.7 Å². The Bertz CT molecular complexity index is 1380. The van der Waals surface area contributed by atoms with Crippen LogP contribution >= 0.6 is 11.3 Å². The van der Waals surface area contributed by atoms with Gasteiger partial charge in [0.2, 0.25) is 5.91 Å². The minimum absolute atomic E-state index is 0.0256. The molecule has 1 saturated heterocycles. The van der Waals surface area contributed by atoms with Gasteiger partial charge >= 0.3 is 6.18 Å². The van der Waals surface area contributed by atoms with E-state index in [0.717, 1.165) is 27.2 Å². The summed E-state index contributed by atoms with van der Waals surface area (Å²) in [6.45, 7) is 2.46. The standard InChI is InChI=1S/C27H28F4N4O4S/c28-18-1-8-24-17(13-18)14-26(40-24)34-11-9-33(10-12-34)25(36)16-39-21-5-2-19(3-6-21)32-20-4-7-23(35(37)38)22(15-20)27(29,30)31/h1,4,7-8,13-15,19,21,32H,2-3,5-6,9-12,16H2. The average Bonchev–Trinajstić information content (AvgIpc) is 3.35. The summed E-state index contributed by atoms with van der Waals surface area (Å²) in [6.07, 6.45) is -2.40. The van der Waals surface area contributed by atoms with Crippen molar-refractivity contribution in [2.24, 2.45) is 0 Å². The molecule has 0 atom stereocenters. The fraction of sp³-hybridized carbons (Fsp3) is 0.444. The van der Waals surface area contributed by atoms with Crippen molar-refractivity contribution in [2.45, 2.75) is 44.0 Å². The normalized spacial score (nSPS) is 20.1. The van der Waals surface area contributed by atoms with Crippen LogP contribution in [0.3, 0.4) is 0 Å². The number of halogens is 4. The van der Waals surface area contributed by atoms with Crippen molar-refractivity contribution in [2.75, 3.05) is 43.0 Å². The Morgan fingerprint density at radius 2 is 1.77 bits per heavy atom. The smallest absolute Gasteiger partial charge is 0.382 e. The fourth-order valence-corrected chi connectivity index (χ4v) is 6.33. The van der Waals surface area contributed by atoms with Crippen molar-refractivity contribution in [3.63, 3.8) is 0 Å². The molecule has 3 aromatic rings. The summed E-state index contributed by atoms with van der Waals surface area (Å²) in [5.41, 5.74) is -2.07. The summed E-state index contributed by atoms with van der Waals surface area (Å²) >= 11 is 1.60. The Labute approximate surface area is 231 Å². The summed E-state index contributed by atoms with van der Waals surface area (Å²) in [7, 11) is 0. The van der Waals surface area contributed by atoms with Crippen LogP contribution in [0.2, 0.25) is 0 Å². The molecule has 5 rings (SSSR count). The second kappa shape index (κ2) is 11.6. The molecule has 0 spiro atoms. The quantitative estimate of drug-likeness (QED) is 0.208. The largest absolute Gasteiger partial charge is 0.423 e. The number of amides is 1. The Kier molecular flexibility index (Phi) is 8.13. The monoisotopic (exact) mass is 580 g/mol. The topological polar surface area (TPSA) is 87.9 Å². The van der Waals surface area contributed by atoms with Gasteiger partial charge in [0.05, 0.1) is 16.0 Å². The van der Waals surface area contributed by atoms with Gasteiger partial charge in [-0.1, -0.05) is 0 Å². The minimum atomic E-state index is -4.83. The molecule has 2 aliphatic rings. The number of hydrogen-bond acceptors (Lipinski definition) is 7. The van der Waals surface area contributed by atoms with E-state index in [0.29, 0.717) is 51.9 Å². The third kappa shape index (κ3) is 6.47. The van der Waals surface area contributed by atoms with E-state index in [4.69, 9.17) is 4.74 Å². The van der Waals surface area contributed by atoms with Crippen LogP contribution in [0.4, 0.5) is 33.9 Å². The fourth-order valence-electron chi connectivity index (χ4n) is 5.23. The Balaban J connectivity index is 1.05. The maximum Gasteiger partial charge on any atom is 0.423 e. The van der Waals surface area contributed by atoms with E-state index < -0.39 is 22.4 Å². The Morgan fingerprint density at radius 1 is 1.05 bits per heavy atom. The number of nitrogens with zero attached hydrogens (tertiary/aromatic N) is 3. The molecule has 1 N–H and O–H groups in total. The van der Waals surface area contributed by atoms with E-state index in [1.807, 2.05) is 6.07 Å². The predicted molar refractivity (Wildman–Crippen MR) is 144 cm³/mol. The minimum Gasteiger partial charge on any atom is -0.382 e. The lowest BCUT2D eigenvalue weighted by Gasteiger charge is -2.36. The van der Waals surface area contributed by atoms with Gasteiger partial charge in [-0.15, -0.1) is 11.3 Å². The molecule has 1 aromatic heterocycles. The zero-order valence-corrected chi connectivity index (χ0v) is 22.3. The number of hydrogen-bond donors (Lipinski definition) is 1. The lowest BCUT2D eigenvalue weighted by Crippen LogP contribution is -2.49. The number of nitro groups is 1. The lowest BCUT2D eigenvalue weighted by molar-refractivity contribution is -0.388. The third-order valence-electron chi connectivity index (χ3n) is 7.40. The molecule has 1 amide bonds. The first kappa shape index (κ1) is 28.1. The van der Waals surface area contributed by atoms with Crippen LogP contribution in [0.1, 0.15) is 31.2 Å². The number of alkyl halides is 3. The molecule has 1 saturated carbocycles. The van der Waals surface area contributed by atoms with Crippen LogP contribution in [0.15, 0.2) is 42.5 Å². The summed E-state index contributed by atoms with van der Waals surface area (Å²) in [5.74, 6) is -0.343. The summed E-state index contributed by atoms with van der Waals surface area (Å²) in [6, 6.07) is 9.56. The number of nitrogens with one attached hydrogen (secondary N) is 1. The molecule has 2 aromatic carbocycles. The molecular weight excluding hydrogens is 552 g/mol. The van der Waals surface area contributed by atoms with Gasteiger partial charge in [0, 0.05) is 48.7 Å². The zero-order valence-electron chi connectivity index (χ0n) is 21.5. The number of rotatable bonds is 7. The first-order chi connectivity index (χ1) is 19.1. The molecule has 2 fully saturated rings. The van der Waals surface area contributed by atoms with E-state index >= 15 is 0 Å². The van der Waals surface area contributed by atoms with Crippen molar-refractivity contribution in [3.05, 3.63) is 64.0 Å². The van der Waals surface area contributed by atoms with Gasteiger partial charge in [-0.05, 0) is 67.5 Å². The highest BCUT2D eigenvalue weighted by Gasteiger charge is 2.38. The van der Waals surface area contributed by atoms with Gasteiger partial charge in [-0.3, -0.25) is 14.9 Å². The van der Waals surface area contributed by atoms with Crippen molar-refractivity contribution in [1.29, 1.82) is 0 Å². The van der Waals surface area contributed by atoms with Gasteiger partial charge in [-0.25, -0.2) is 4.39 Å². The predicted octanol–water partition coefficient (Wildman–Crippen LogP) is 6.06. The van der Waals surface area contributed by atoms with Crippen LogP contribution < -0.4 is 10.2 Å². The number of anilines is 2. The maximum atomic E-state index is 13.5. The van der Waals surface area contributed by atoms with E-state index in [1.165, 1.54) is 18.2 Å². The average molecular weight is 581 g/mol. The van der Waals surface area contributed by atoms with E-state index in [2.05, 4.69) is 10.2 Å². The SMILES string of the molecule is O=C(COC1CCC(Nc2ccc([N+](=O)[O-])c(C(F)(F)F)c2)CC1)N1CCN(c2cc3cc(F)ccc3s2)CC1. The van der Waals surface area contributed by atoms with E-state index in [-0.39, 0.29) is 36.2 Å². The molecule has 8 nitrogen and oxygen atoms in total. The van der Waals surface area contributed by atoms with Crippen LogP contribution in [0, 0.1) is 15.9 Å². The maximum absolute atomic E-state index is 13.5. The van der Waals surface area contributed by atoms with Crippen molar-refractivity contribution in [3.8, 4) is 0 Å². The molecule has 214 valence electrons. The van der Waals surface area contributed by atoms with Gasteiger partial charge in [0.15, 0.2) is 0 Å². The number of carbonyl (C=O) groups excluding carboxylic acids is 1. The number of fused-ring (bicyclic) bond motifs is 1. The second-order valence-corrected chi connectivity index (χ2v) is 11.1. The number of benzene rings is 2. The molecule has 13 heteroatoms. The number of thiophene rings is 1. The van der Waals surface area contributed by atoms with Crippen LogP contribution in [-0.4, -0.2) is 60.7 Å². The lowest BCUT2D eigenvalue weighted by atomic mass is 9.92. The highest BCUT2D eigenvalue weighted by Crippen LogP contribution is 2.38. The number of ether oxygens (including phenoxy) is 1. The van der Waals surface area contributed by atoms with Crippen molar-refractivity contribution in [1.82, 2.24) is 4.90 Å². The van der Waals surface area contributed by atoms with Crippen molar-refractivity contribution < 1.29 is 32.0 Å². The molecule has 2 heterocycles. The van der Waals surface area contributed by atoms with Gasteiger partial charge in [0.1, 0.15) is 18.0 Å². The summed E-state index contributed by atoms with van der Waals surface area (Å²) < 4.78 is 60.2. The summed E-state index contributed by atoms with van der Waals surface area (Å²) in [4.78, 5) is 26.7. The second-order valence-electron chi connectivity index (χ2n) is 10.1. The number of carbonyl (C=O) groups is 1. The van der Waals surface area contributed by atoms with E-state index in [9.17, 15) is 32.5 Å². The molecule has 40 heavy (non-hydrogen) atoms. The van der Waals surface area contributed by atoms with Crippen LogP contribution in [0.5, 0.6) is 0 Å². The Morgan fingerprint density at radius 3 is 2.45 bits per heavy atom. The first-order valence-corrected chi connectivity index (χ1v) is 13.8. The van der Waals surface area contributed by atoms with E-state index in [1.54, 1.807) is 22.3 Å². The van der Waals surface area contributed by atoms with Gasteiger partial charge < -0.3 is 19.9 Å². The molecule has 0 bridgehead atoms. The first-order valence-electron chi connectivity index (χ1n) is 13.0. The van der Waals surface area contributed by atoms with Crippen LogP contribution in [-0.2, 0) is 15.7 Å². The van der Waals surface area contributed by atoms with Gasteiger partial charge in [0.25, 0.3) is 5.69 Å². The highest BCUT2D eigenvalue weighted by molar-refractivity contribution is 7.22. The molecule has 0 radical (unpaired) electrons. The number of piperazine rings is 1. The molecule has 1 aliphatic carbocycles. The zero-order chi connectivity index (χ0) is 28.4. The van der Waals surface area contributed by atoms with Gasteiger partial charge in [-0.2, -0.15) is 13.2 Å². The molecule has 0 unspecified atom stereocenters. The van der Waals surface area contributed by atoms with Crippen LogP contribution in [0.25, 0.3) is 10.1 Å². The molecular formula is C27H28F4N4O4S.